The highest BCUT2D eigenvalue weighted by Gasteiger charge is 2.15. The maximum atomic E-state index is 13.6. The first kappa shape index (κ1) is 15.1. The van der Waals surface area contributed by atoms with Crippen LogP contribution in [0.25, 0.3) is 10.6 Å². The predicted molar refractivity (Wildman–Crippen MR) is 86.0 cm³/mol. The molecule has 2 aromatic heterocycles. The molecule has 0 N–H and O–H groups in total. The van der Waals surface area contributed by atoms with Crippen molar-refractivity contribution in [2.45, 2.75) is 6.61 Å². The van der Waals surface area contributed by atoms with Gasteiger partial charge >= 0.3 is 5.97 Å². The van der Waals surface area contributed by atoms with Crippen LogP contribution in [0.3, 0.4) is 0 Å². The SMILES string of the molecule is O=C(OCc1csc(-c2ccsc2)n1)c1cc(Cl)ccc1F. The monoisotopic (exact) mass is 353 g/mol. The van der Waals surface area contributed by atoms with Gasteiger partial charge in [-0.2, -0.15) is 11.3 Å². The van der Waals surface area contributed by atoms with Gasteiger partial charge in [0, 0.05) is 21.3 Å². The normalized spacial score (nSPS) is 10.6. The molecule has 0 unspecified atom stereocenters. The van der Waals surface area contributed by atoms with Gasteiger partial charge in [0.2, 0.25) is 0 Å². The lowest BCUT2D eigenvalue weighted by Crippen LogP contribution is -2.07. The standard InChI is InChI=1S/C15H9ClFNO2S2/c16-10-1-2-13(17)12(5-10)15(19)20-6-11-8-22-14(18-11)9-3-4-21-7-9/h1-5,7-8H,6H2. The number of thiazole rings is 1. The van der Waals surface area contributed by atoms with Crippen LogP contribution in [0.15, 0.2) is 40.4 Å². The Bertz CT molecular complexity index is 802. The molecule has 0 saturated heterocycles. The number of hydrogen-bond acceptors (Lipinski definition) is 5. The molecule has 0 spiro atoms. The molecular weight excluding hydrogens is 345 g/mol. The van der Waals surface area contributed by atoms with E-state index < -0.39 is 11.8 Å². The average Bonchev–Trinajstić information content (AvgIpc) is 3.17. The first-order valence-electron chi connectivity index (χ1n) is 6.22. The fourth-order valence-corrected chi connectivity index (χ4v) is 3.45. The van der Waals surface area contributed by atoms with Gasteiger partial charge in [-0.1, -0.05) is 11.6 Å². The minimum absolute atomic E-state index is 0.00851. The van der Waals surface area contributed by atoms with Gasteiger partial charge in [-0.25, -0.2) is 14.2 Å². The van der Waals surface area contributed by atoms with E-state index in [1.54, 1.807) is 11.3 Å². The average molecular weight is 354 g/mol. The number of esters is 1. The zero-order valence-electron chi connectivity index (χ0n) is 11.1. The summed E-state index contributed by atoms with van der Waals surface area (Å²) in [4.78, 5) is 16.3. The molecule has 0 bridgehead atoms. The van der Waals surface area contributed by atoms with Crippen LogP contribution in [-0.4, -0.2) is 11.0 Å². The van der Waals surface area contributed by atoms with Gasteiger partial charge in [-0.3, -0.25) is 0 Å². The van der Waals surface area contributed by atoms with E-state index in [2.05, 4.69) is 4.98 Å². The summed E-state index contributed by atoms with van der Waals surface area (Å²) >= 11 is 8.81. The molecule has 112 valence electrons. The van der Waals surface area contributed by atoms with Gasteiger partial charge in [0.1, 0.15) is 17.4 Å². The molecule has 0 aliphatic rings. The molecule has 3 nitrogen and oxygen atoms in total. The molecule has 0 atom stereocenters. The topological polar surface area (TPSA) is 39.2 Å². The second-order valence-electron chi connectivity index (χ2n) is 4.36. The van der Waals surface area contributed by atoms with Crippen molar-refractivity contribution < 1.29 is 13.9 Å². The first-order valence-corrected chi connectivity index (χ1v) is 8.42. The molecule has 2 heterocycles. The lowest BCUT2D eigenvalue weighted by molar-refractivity contribution is 0.0463. The summed E-state index contributed by atoms with van der Waals surface area (Å²) in [7, 11) is 0. The number of hydrogen-bond donors (Lipinski definition) is 0. The number of nitrogens with zero attached hydrogens (tertiary/aromatic N) is 1. The molecule has 3 aromatic rings. The number of thiophene rings is 1. The van der Waals surface area contributed by atoms with E-state index in [1.165, 1.54) is 23.5 Å². The number of aromatic nitrogens is 1. The van der Waals surface area contributed by atoms with Gasteiger partial charge in [0.15, 0.2) is 0 Å². The van der Waals surface area contributed by atoms with Crippen LogP contribution in [0.5, 0.6) is 0 Å². The Balaban J connectivity index is 1.67. The quantitative estimate of drug-likeness (QED) is 0.618. The molecule has 0 aliphatic heterocycles. The molecule has 0 saturated carbocycles. The van der Waals surface area contributed by atoms with Crippen LogP contribution in [0.1, 0.15) is 16.1 Å². The highest BCUT2D eigenvalue weighted by molar-refractivity contribution is 7.14. The van der Waals surface area contributed by atoms with Gasteiger partial charge in [-0.15, -0.1) is 11.3 Å². The maximum absolute atomic E-state index is 13.6. The number of halogens is 2. The van der Waals surface area contributed by atoms with Crippen molar-refractivity contribution in [1.29, 1.82) is 0 Å². The van der Waals surface area contributed by atoms with Crippen molar-refractivity contribution in [2.24, 2.45) is 0 Å². The van der Waals surface area contributed by atoms with Crippen molar-refractivity contribution >= 4 is 40.2 Å². The summed E-state index contributed by atoms with van der Waals surface area (Å²) < 4.78 is 18.7. The molecule has 22 heavy (non-hydrogen) atoms. The smallest absolute Gasteiger partial charge is 0.341 e. The third-order valence-corrected chi connectivity index (χ3v) is 4.68. The Morgan fingerprint density at radius 3 is 2.95 bits per heavy atom. The highest BCUT2D eigenvalue weighted by atomic mass is 35.5. The van der Waals surface area contributed by atoms with Crippen molar-refractivity contribution in [3.63, 3.8) is 0 Å². The molecule has 0 fully saturated rings. The number of rotatable bonds is 4. The van der Waals surface area contributed by atoms with Gasteiger partial charge in [0.05, 0.1) is 11.3 Å². The number of carbonyl (C=O) groups is 1. The second-order valence-corrected chi connectivity index (χ2v) is 6.43. The number of carbonyl (C=O) groups excluding carboxylic acids is 1. The largest absolute Gasteiger partial charge is 0.455 e. The molecule has 3 rings (SSSR count). The van der Waals surface area contributed by atoms with E-state index in [0.717, 1.165) is 16.6 Å². The van der Waals surface area contributed by atoms with Gasteiger partial charge in [-0.05, 0) is 29.6 Å². The zero-order chi connectivity index (χ0) is 15.5. The Kier molecular flexibility index (Phi) is 4.52. The van der Waals surface area contributed by atoms with Crippen molar-refractivity contribution in [3.8, 4) is 10.6 Å². The van der Waals surface area contributed by atoms with E-state index in [9.17, 15) is 9.18 Å². The van der Waals surface area contributed by atoms with E-state index in [0.29, 0.717) is 5.69 Å². The molecular formula is C15H9ClFNO2S2. The first-order chi connectivity index (χ1) is 10.6. The van der Waals surface area contributed by atoms with Crippen LogP contribution in [0.4, 0.5) is 4.39 Å². The Labute approximate surface area is 139 Å². The van der Waals surface area contributed by atoms with Crippen molar-refractivity contribution in [1.82, 2.24) is 4.98 Å². The Morgan fingerprint density at radius 2 is 2.18 bits per heavy atom. The minimum atomic E-state index is -0.759. The van der Waals surface area contributed by atoms with Crippen molar-refractivity contribution in [2.75, 3.05) is 0 Å². The molecule has 0 radical (unpaired) electrons. The van der Waals surface area contributed by atoms with Gasteiger partial charge in [0.25, 0.3) is 0 Å². The number of benzene rings is 1. The van der Waals surface area contributed by atoms with Crippen LogP contribution < -0.4 is 0 Å². The van der Waals surface area contributed by atoms with E-state index in [1.807, 2.05) is 22.2 Å². The number of ether oxygens (including phenoxy) is 1. The summed E-state index contributed by atoms with van der Waals surface area (Å²) in [5.74, 6) is -1.42. The van der Waals surface area contributed by atoms with Crippen LogP contribution >= 0.6 is 34.3 Å². The van der Waals surface area contributed by atoms with Gasteiger partial charge < -0.3 is 4.74 Å². The zero-order valence-corrected chi connectivity index (χ0v) is 13.5. The third kappa shape index (κ3) is 3.35. The molecule has 1 aromatic carbocycles. The fourth-order valence-electron chi connectivity index (χ4n) is 1.76. The minimum Gasteiger partial charge on any atom is -0.455 e. The molecule has 0 aliphatic carbocycles. The Morgan fingerprint density at radius 1 is 1.32 bits per heavy atom. The predicted octanol–water partition coefficient (Wildman–Crippen LogP) is 5.02. The van der Waals surface area contributed by atoms with Crippen LogP contribution in [0, 0.1) is 5.82 Å². The third-order valence-electron chi connectivity index (χ3n) is 2.82. The lowest BCUT2D eigenvalue weighted by atomic mass is 10.2. The lowest BCUT2D eigenvalue weighted by Gasteiger charge is -2.04. The summed E-state index contributed by atoms with van der Waals surface area (Å²) in [6.45, 7) is -0.00851. The summed E-state index contributed by atoms with van der Waals surface area (Å²) in [6, 6.07) is 5.73. The molecule has 0 amide bonds. The van der Waals surface area contributed by atoms with E-state index in [4.69, 9.17) is 16.3 Å². The summed E-state index contributed by atoms with van der Waals surface area (Å²) in [6.07, 6.45) is 0. The van der Waals surface area contributed by atoms with E-state index in [-0.39, 0.29) is 17.2 Å². The van der Waals surface area contributed by atoms with Crippen LogP contribution in [0.2, 0.25) is 5.02 Å². The van der Waals surface area contributed by atoms with Crippen molar-refractivity contribution in [3.05, 3.63) is 62.5 Å². The molecule has 7 heteroatoms. The fraction of sp³-hybridized carbons (Fsp3) is 0.0667. The Hall–Kier alpha value is -1.76. The summed E-state index contributed by atoms with van der Waals surface area (Å²) in [5.41, 5.74) is 1.48. The van der Waals surface area contributed by atoms with E-state index >= 15 is 0 Å². The van der Waals surface area contributed by atoms with Crippen LogP contribution in [-0.2, 0) is 11.3 Å². The highest BCUT2D eigenvalue weighted by Crippen LogP contribution is 2.26. The maximum Gasteiger partial charge on any atom is 0.341 e. The second kappa shape index (κ2) is 6.56. The summed E-state index contributed by atoms with van der Waals surface area (Å²) in [5, 5.41) is 6.92.